The zero-order chi connectivity index (χ0) is 17.3. The molecule has 2 aromatic rings. The average Bonchev–Trinajstić information content (AvgIpc) is 2.92. The van der Waals surface area contributed by atoms with Gasteiger partial charge in [-0.1, -0.05) is 20.8 Å². The normalized spacial score (nSPS) is 16.6. The Morgan fingerprint density at radius 3 is 2.38 bits per heavy atom. The van der Waals surface area contributed by atoms with Crippen molar-refractivity contribution in [1.82, 2.24) is 19.9 Å². The molecule has 0 unspecified atom stereocenters. The molecule has 6 nitrogen and oxygen atoms in total. The van der Waals surface area contributed by atoms with E-state index in [0.29, 0.717) is 0 Å². The van der Waals surface area contributed by atoms with E-state index < -0.39 is 0 Å². The molecule has 0 saturated carbocycles. The van der Waals surface area contributed by atoms with E-state index in [9.17, 15) is 0 Å². The van der Waals surface area contributed by atoms with Gasteiger partial charge in [0.25, 0.3) is 0 Å². The van der Waals surface area contributed by atoms with Gasteiger partial charge in [0.2, 0.25) is 0 Å². The van der Waals surface area contributed by atoms with Crippen molar-refractivity contribution in [1.29, 1.82) is 0 Å². The van der Waals surface area contributed by atoms with Crippen LogP contribution in [0.3, 0.4) is 0 Å². The highest BCUT2D eigenvalue weighted by molar-refractivity contribution is 5.42. The number of nitrogens with zero attached hydrogens (tertiary/aromatic N) is 5. The van der Waals surface area contributed by atoms with Crippen molar-refractivity contribution in [3.05, 3.63) is 35.4 Å². The first kappa shape index (κ1) is 16.9. The fourth-order valence-electron chi connectivity index (χ4n) is 2.93. The molecule has 0 amide bonds. The number of hydrogen-bond acceptors (Lipinski definition) is 6. The number of piperazine rings is 1. The highest BCUT2D eigenvalue weighted by Crippen LogP contribution is 2.24. The summed E-state index contributed by atoms with van der Waals surface area (Å²) in [4.78, 5) is 18.3. The summed E-state index contributed by atoms with van der Waals surface area (Å²) in [5.74, 6) is 2.81. The highest BCUT2D eigenvalue weighted by Gasteiger charge is 2.23. The largest absolute Gasteiger partial charge is 0.448 e. The van der Waals surface area contributed by atoms with Crippen LogP contribution in [0.15, 0.2) is 16.9 Å². The minimum atomic E-state index is 0.0365. The maximum absolute atomic E-state index is 5.29. The Kier molecular flexibility index (Phi) is 4.58. The van der Waals surface area contributed by atoms with Crippen LogP contribution in [0.4, 0.5) is 5.82 Å². The van der Waals surface area contributed by atoms with E-state index in [-0.39, 0.29) is 5.41 Å². The van der Waals surface area contributed by atoms with E-state index in [1.54, 1.807) is 0 Å². The summed E-state index contributed by atoms with van der Waals surface area (Å²) in [5.41, 5.74) is 2.18. The van der Waals surface area contributed by atoms with Crippen molar-refractivity contribution in [3.63, 3.8) is 0 Å². The monoisotopic (exact) mass is 329 g/mol. The smallest absolute Gasteiger partial charge is 0.181 e. The van der Waals surface area contributed by atoms with Gasteiger partial charge in [-0.05, 0) is 13.8 Å². The molecule has 2 aromatic heterocycles. The second kappa shape index (κ2) is 6.51. The molecule has 1 fully saturated rings. The van der Waals surface area contributed by atoms with Crippen LogP contribution in [0.2, 0.25) is 0 Å². The lowest BCUT2D eigenvalue weighted by Gasteiger charge is -2.35. The predicted molar refractivity (Wildman–Crippen MR) is 94.2 cm³/mol. The Morgan fingerprint density at radius 1 is 1.08 bits per heavy atom. The van der Waals surface area contributed by atoms with Crippen LogP contribution >= 0.6 is 0 Å². The number of hydrogen-bond donors (Lipinski definition) is 0. The molecular formula is C18H27N5O. The third-order valence-corrected chi connectivity index (χ3v) is 4.51. The topological polar surface area (TPSA) is 58.3 Å². The molecule has 130 valence electrons. The van der Waals surface area contributed by atoms with Crippen LogP contribution in [-0.4, -0.2) is 46.0 Å². The summed E-state index contributed by atoms with van der Waals surface area (Å²) in [5, 5.41) is 0. The van der Waals surface area contributed by atoms with Gasteiger partial charge in [0, 0.05) is 44.2 Å². The number of aryl methyl sites for hydroxylation is 2. The average molecular weight is 329 g/mol. The third kappa shape index (κ3) is 3.75. The van der Waals surface area contributed by atoms with Crippen LogP contribution < -0.4 is 4.90 Å². The maximum atomic E-state index is 5.29. The molecule has 0 bridgehead atoms. The molecular weight excluding hydrogens is 302 g/mol. The lowest BCUT2D eigenvalue weighted by Crippen LogP contribution is -2.46. The molecule has 0 aromatic carbocycles. The van der Waals surface area contributed by atoms with Crippen molar-refractivity contribution >= 4 is 5.82 Å². The summed E-state index contributed by atoms with van der Waals surface area (Å²) < 4.78 is 5.29. The minimum Gasteiger partial charge on any atom is -0.448 e. The van der Waals surface area contributed by atoms with Crippen molar-refractivity contribution in [2.45, 2.75) is 46.6 Å². The standard InChI is InChI=1S/C18H27N5O/c1-13-15(19-12-24-13)11-22-6-8-23(9-7-22)17-10-16(18(3,4)5)20-14(2)21-17/h10,12H,6-9,11H2,1-5H3. The molecule has 6 heteroatoms. The van der Waals surface area contributed by atoms with Crippen molar-refractivity contribution < 1.29 is 4.42 Å². The van der Waals surface area contributed by atoms with Crippen LogP contribution in [-0.2, 0) is 12.0 Å². The van der Waals surface area contributed by atoms with Gasteiger partial charge in [0.1, 0.15) is 17.4 Å². The summed E-state index contributed by atoms with van der Waals surface area (Å²) in [6.07, 6.45) is 1.53. The lowest BCUT2D eigenvalue weighted by molar-refractivity contribution is 0.245. The molecule has 0 spiro atoms. The summed E-state index contributed by atoms with van der Waals surface area (Å²) >= 11 is 0. The second-order valence-electron chi connectivity index (χ2n) is 7.53. The third-order valence-electron chi connectivity index (χ3n) is 4.51. The number of rotatable bonds is 3. The van der Waals surface area contributed by atoms with Crippen LogP contribution in [0.1, 0.15) is 43.7 Å². The first-order valence-corrected chi connectivity index (χ1v) is 8.55. The molecule has 1 aliphatic rings. The molecule has 1 aliphatic heterocycles. The minimum absolute atomic E-state index is 0.0365. The van der Waals surface area contributed by atoms with Gasteiger partial charge < -0.3 is 9.32 Å². The Balaban J connectivity index is 1.66. The Morgan fingerprint density at radius 2 is 1.79 bits per heavy atom. The van der Waals surface area contributed by atoms with Crippen LogP contribution in [0.25, 0.3) is 0 Å². The predicted octanol–water partition coefficient (Wildman–Crippen LogP) is 2.70. The molecule has 24 heavy (non-hydrogen) atoms. The Bertz CT molecular complexity index is 696. The Labute approximate surface area is 143 Å². The van der Waals surface area contributed by atoms with E-state index in [4.69, 9.17) is 4.42 Å². The van der Waals surface area contributed by atoms with Crippen LogP contribution in [0.5, 0.6) is 0 Å². The van der Waals surface area contributed by atoms with Crippen molar-refractivity contribution in [3.8, 4) is 0 Å². The van der Waals surface area contributed by atoms with Gasteiger partial charge in [-0.3, -0.25) is 4.90 Å². The fraction of sp³-hybridized carbons (Fsp3) is 0.611. The molecule has 0 aliphatic carbocycles. The summed E-state index contributed by atoms with van der Waals surface area (Å²) in [7, 11) is 0. The molecule has 0 N–H and O–H groups in total. The second-order valence-corrected chi connectivity index (χ2v) is 7.53. The first-order valence-electron chi connectivity index (χ1n) is 8.55. The maximum Gasteiger partial charge on any atom is 0.181 e. The zero-order valence-corrected chi connectivity index (χ0v) is 15.3. The SMILES string of the molecule is Cc1nc(N2CCN(Cc3ncoc3C)CC2)cc(C(C)(C)C)n1. The number of oxazole rings is 1. The highest BCUT2D eigenvalue weighted by atomic mass is 16.3. The Hall–Kier alpha value is -1.95. The molecule has 3 heterocycles. The van der Waals surface area contributed by atoms with Gasteiger partial charge in [-0.15, -0.1) is 0 Å². The summed E-state index contributed by atoms with van der Waals surface area (Å²) in [6.45, 7) is 15.3. The quantitative estimate of drug-likeness (QED) is 0.863. The lowest BCUT2D eigenvalue weighted by atomic mass is 9.92. The van der Waals surface area contributed by atoms with E-state index in [2.05, 4.69) is 51.6 Å². The van der Waals surface area contributed by atoms with E-state index >= 15 is 0 Å². The van der Waals surface area contributed by atoms with E-state index in [0.717, 1.165) is 61.5 Å². The van der Waals surface area contributed by atoms with E-state index in [1.165, 1.54) is 6.39 Å². The van der Waals surface area contributed by atoms with Gasteiger partial charge in [0.05, 0.1) is 11.4 Å². The molecule has 3 rings (SSSR count). The molecule has 0 radical (unpaired) electrons. The van der Waals surface area contributed by atoms with Gasteiger partial charge in [0.15, 0.2) is 6.39 Å². The van der Waals surface area contributed by atoms with Crippen molar-refractivity contribution in [2.75, 3.05) is 31.1 Å². The number of anilines is 1. The first-order chi connectivity index (χ1) is 11.3. The van der Waals surface area contributed by atoms with Crippen molar-refractivity contribution in [2.24, 2.45) is 0 Å². The van der Waals surface area contributed by atoms with Gasteiger partial charge in [-0.2, -0.15) is 0 Å². The number of aromatic nitrogens is 3. The van der Waals surface area contributed by atoms with Crippen LogP contribution in [0, 0.1) is 13.8 Å². The van der Waals surface area contributed by atoms with Gasteiger partial charge >= 0.3 is 0 Å². The fourth-order valence-corrected chi connectivity index (χ4v) is 2.93. The molecule has 0 atom stereocenters. The molecule has 1 saturated heterocycles. The summed E-state index contributed by atoms with van der Waals surface area (Å²) in [6, 6.07) is 2.14. The zero-order valence-electron chi connectivity index (χ0n) is 15.3. The van der Waals surface area contributed by atoms with Gasteiger partial charge in [-0.25, -0.2) is 15.0 Å². The van der Waals surface area contributed by atoms with E-state index in [1.807, 2.05) is 13.8 Å².